The van der Waals surface area contributed by atoms with Crippen molar-refractivity contribution in [2.24, 2.45) is 0 Å². The van der Waals surface area contributed by atoms with Crippen LogP contribution in [-0.4, -0.2) is 54.3 Å². The Kier molecular flexibility index (Phi) is 4.67. The molecule has 1 aromatic heterocycles. The molecule has 8 nitrogen and oxygen atoms in total. The number of hydrogen-bond acceptors (Lipinski definition) is 8. The van der Waals surface area contributed by atoms with Crippen molar-refractivity contribution < 1.29 is 23.6 Å². The van der Waals surface area contributed by atoms with E-state index in [-0.39, 0.29) is 19.6 Å². The van der Waals surface area contributed by atoms with E-state index in [1.165, 1.54) is 19.1 Å². The summed E-state index contributed by atoms with van der Waals surface area (Å²) in [7, 11) is 2.58. The quantitative estimate of drug-likeness (QED) is 0.650. The van der Waals surface area contributed by atoms with Gasteiger partial charge in [0.1, 0.15) is 0 Å². The average Bonchev–Trinajstić information content (AvgIpc) is 3.19. The molecule has 0 aliphatic heterocycles. The molecule has 1 aliphatic carbocycles. The molecule has 1 saturated carbocycles. The molecule has 20 heavy (non-hydrogen) atoms. The highest BCUT2D eigenvalue weighted by Gasteiger charge is 2.29. The second kappa shape index (κ2) is 6.47. The number of carbonyl (C=O) groups excluding carboxylic acids is 2. The van der Waals surface area contributed by atoms with Gasteiger partial charge in [-0.25, -0.2) is 0 Å². The summed E-state index contributed by atoms with van der Waals surface area (Å²) in [5, 5.41) is 3.88. The van der Waals surface area contributed by atoms with Gasteiger partial charge in [-0.1, -0.05) is 5.16 Å². The lowest BCUT2D eigenvalue weighted by Crippen LogP contribution is -2.35. The molecule has 0 aromatic carbocycles. The summed E-state index contributed by atoms with van der Waals surface area (Å²) >= 11 is 0. The maximum atomic E-state index is 11.3. The number of rotatable bonds is 7. The molecule has 0 spiro atoms. The number of hydrogen-bond donors (Lipinski definition) is 0. The Labute approximate surface area is 116 Å². The lowest BCUT2D eigenvalue weighted by Gasteiger charge is -2.17. The van der Waals surface area contributed by atoms with Gasteiger partial charge in [-0.15, -0.1) is 0 Å². The summed E-state index contributed by atoms with van der Waals surface area (Å²) < 4.78 is 14.3. The van der Waals surface area contributed by atoms with Gasteiger partial charge in [-0.2, -0.15) is 4.98 Å². The molecule has 0 N–H and O–H groups in total. The van der Waals surface area contributed by atoms with Gasteiger partial charge in [-0.05, 0) is 12.8 Å². The molecule has 1 aliphatic rings. The SMILES string of the molecule is COC(=O)CN(CC(=O)OC)Cc1nc(C2CC2)no1. The first-order chi connectivity index (χ1) is 9.62. The molecule has 110 valence electrons. The predicted octanol–water partition coefficient (Wildman–Crippen LogP) is 0.0950. The third-order valence-electron chi connectivity index (χ3n) is 2.95. The van der Waals surface area contributed by atoms with Crippen LogP contribution in [0.5, 0.6) is 0 Å². The van der Waals surface area contributed by atoms with E-state index in [2.05, 4.69) is 19.6 Å². The van der Waals surface area contributed by atoms with E-state index in [1.807, 2.05) is 0 Å². The van der Waals surface area contributed by atoms with Gasteiger partial charge in [-0.3, -0.25) is 14.5 Å². The van der Waals surface area contributed by atoms with E-state index in [0.29, 0.717) is 17.6 Å². The van der Waals surface area contributed by atoms with Crippen LogP contribution < -0.4 is 0 Å². The number of ether oxygens (including phenoxy) is 2. The van der Waals surface area contributed by atoms with Gasteiger partial charge in [0.15, 0.2) is 5.82 Å². The zero-order valence-electron chi connectivity index (χ0n) is 11.5. The average molecular weight is 283 g/mol. The first-order valence-electron chi connectivity index (χ1n) is 6.31. The van der Waals surface area contributed by atoms with Crippen LogP contribution in [0.25, 0.3) is 0 Å². The monoisotopic (exact) mass is 283 g/mol. The van der Waals surface area contributed by atoms with Gasteiger partial charge < -0.3 is 14.0 Å². The lowest BCUT2D eigenvalue weighted by atomic mass is 10.4. The van der Waals surface area contributed by atoms with Gasteiger partial charge in [0.25, 0.3) is 0 Å². The summed E-state index contributed by atoms with van der Waals surface area (Å²) in [6.45, 7) is 0.101. The number of nitrogens with zero attached hydrogens (tertiary/aromatic N) is 3. The minimum Gasteiger partial charge on any atom is -0.468 e. The van der Waals surface area contributed by atoms with Crippen molar-refractivity contribution in [2.75, 3.05) is 27.3 Å². The van der Waals surface area contributed by atoms with E-state index in [9.17, 15) is 9.59 Å². The Morgan fingerprint density at radius 1 is 1.25 bits per heavy atom. The minimum absolute atomic E-state index is 0.0489. The summed E-state index contributed by atoms with van der Waals surface area (Å²) in [4.78, 5) is 28.4. The molecule has 0 saturated heterocycles. The summed E-state index contributed by atoms with van der Waals surface area (Å²) in [5.74, 6) is 0.560. The number of esters is 2. The standard InChI is InChI=1S/C12H17N3O5/c1-18-10(16)6-15(7-11(17)19-2)5-9-13-12(14-20-9)8-3-4-8/h8H,3-7H2,1-2H3. The number of carbonyl (C=O) groups is 2. The first-order valence-corrected chi connectivity index (χ1v) is 6.31. The number of aromatic nitrogens is 2. The second-order valence-corrected chi connectivity index (χ2v) is 4.62. The van der Waals surface area contributed by atoms with Crippen LogP contribution in [0.15, 0.2) is 4.52 Å². The van der Waals surface area contributed by atoms with Crippen LogP contribution in [0.4, 0.5) is 0 Å². The van der Waals surface area contributed by atoms with Gasteiger partial charge in [0, 0.05) is 5.92 Å². The Balaban J connectivity index is 1.96. The molecule has 1 heterocycles. The second-order valence-electron chi connectivity index (χ2n) is 4.62. The van der Waals surface area contributed by atoms with Crippen LogP contribution in [0.3, 0.4) is 0 Å². The molecule has 0 radical (unpaired) electrons. The van der Waals surface area contributed by atoms with E-state index < -0.39 is 11.9 Å². The third-order valence-corrected chi connectivity index (χ3v) is 2.95. The highest BCUT2D eigenvalue weighted by molar-refractivity contribution is 5.74. The zero-order chi connectivity index (χ0) is 14.5. The molecule has 0 amide bonds. The molecule has 0 unspecified atom stereocenters. The molecule has 1 fully saturated rings. The van der Waals surface area contributed by atoms with Crippen LogP contribution in [0, 0.1) is 0 Å². The molecule has 2 rings (SSSR count). The van der Waals surface area contributed by atoms with Crippen molar-refractivity contribution in [1.82, 2.24) is 15.0 Å². The molecular weight excluding hydrogens is 266 g/mol. The van der Waals surface area contributed by atoms with Crippen LogP contribution in [-0.2, 0) is 25.6 Å². The Bertz CT molecular complexity index is 465. The largest absolute Gasteiger partial charge is 0.468 e. The molecule has 8 heteroatoms. The Morgan fingerprint density at radius 2 is 1.85 bits per heavy atom. The summed E-state index contributed by atoms with van der Waals surface area (Å²) in [6.07, 6.45) is 2.15. The van der Waals surface area contributed by atoms with Crippen LogP contribution in [0.2, 0.25) is 0 Å². The summed E-state index contributed by atoms with van der Waals surface area (Å²) in [6, 6.07) is 0. The van der Waals surface area contributed by atoms with E-state index in [1.54, 1.807) is 0 Å². The van der Waals surface area contributed by atoms with Crippen molar-refractivity contribution in [2.45, 2.75) is 25.3 Å². The highest BCUT2D eigenvalue weighted by atomic mass is 16.5. The maximum absolute atomic E-state index is 11.3. The minimum atomic E-state index is -0.448. The topological polar surface area (TPSA) is 94.8 Å². The van der Waals surface area contributed by atoms with Crippen molar-refractivity contribution in [1.29, 1.82) is 0 Å². The van der Waals surface area contributed by atoms with Crippen molar-refractivity contribution >= 4 is 11.9 Å². The van der Waals surface area contributed by atoms with Crippen LogP contribution in [0.1, 0.15) is 30.5 Å². The predicted molar refractivity (Wildman–Crippen MR) is 65.6 cm³/mol. The normalized spacial score (nSPS) is 14.3. The van der Waals surface area contributed by atoms with E-state index >= 15 is 0 Å². The fourth-order valence-corrected chi connectivity index (χ4v) is 1.69. The zero-order valence-corrected chi connectivity index (χ0v) is 11.5. The number of methoxy groups -OCH3 is 2. The van der Waals surface area contributed by atoms with E-state index in [0.717, 1.165) is 12.8 Å². The molecule has 0 bridgehead atoms. The van der Waals surface area contributed by atoms with Gasteiger partial charge in [0.2, 0.25) is 5.89 Å². The maximum Gasteiger partial charge on any atom is 0.319 e. The van der Waals surface area contributed by atoms with Crippen molar-refractivity contribution in [3.05, 3.63) is 11.7 Å². The van der Waals surface area contributed by atoms with Crippen molar-refractivity contribution in [3.63, 3.8) is 0 Å². The van der Waals surface area contributed by atoms with Gasteiger partial charge in [0.05, 0.1) is 33.9 Å². The van der Waals surface area contributed by atoms with Crippen LogP contribution >= 0.6 is 0 Å². The highest BCUT2D eigenvalue weighted by Crippen LogP contribution is 2.38. The van der Waals surface area contributed by atoms with Crippen molar-refractivity contribution in [3.8, 4) is 0 Å². The third kappa shape index (κ3) is 4.02. The van der Waals surface area contributed by atoms with E-state index in [4.69, 9.17) is 4.52 Å². The Hall–Kier alpha value is -1.96. The smallest absolute Gasteiger partial charge is 0.319 e. The first kappa shape index (κ1) is 14.4. The molecular formula is C12H17N3O5. The molecule has 1 aromatic rings. The lowest BCUT2D eigenvalue weighted by molar-refractivity contribution is -0.145. The molecule has 0 atom stereocenters. The van der Waals surface area contributed by atoms with Gasteiger partial charge >= 0.3 is 11.9 Å². The fourth-order valence-electron chi connectivity index (χ4n) is 1.69. The summed E-state index contributed by atoms with van der Waals surface area (Å²) in [5.41, 5.74) is 0. The fraction of sp³-hybridized carbons (Fsp3) is 0.667. The Morgan fingerprint density at radius 3 is 2.35 bits per heavy atom.